The summed E-state index contributed by atoms with van der Waals surface area (Å²) in [4.78, 5) is 19.5. The molecule has 1 aliphatic heterocycles. The van der Waals surface area contributed by atoms with Crippen LogP contribution in [0.3, 0.4) is 0 Å². The van der Waals surface area contributed by atoms with Gasteiger partial charge in [0.05, 0.1) is 12.8 Å². The fraction of sp³-hybridized carbons (Fsp3) is 0.462. The first kappa shape index (κ1) is 24.0. The first-order valence-electron chi connectivity index (χ1n) is 11.4. The number of thioether (sulfide) groups is 1. The molecule has 1 unspecified atom stereocenters. The fourth-order valence-corrected chi connectivity index (χ4v) is 5.90. The molecule has 0 spiro atoms. The summed E-state index contributed by atoms with van der Waals surface area (Å²) in [5.41, 5.74) is 2.59. The van der Waals surface area contributed by atoms with E-state index in [0.29, 0.717) is 17.4 Å². The van der Waals surface area contributed by atoms with E-state index in [-0.39, 0.29) is 17.4 Å². The molecule has 0 radical (unpaired) electrons. The van der Waals surface area contributed by atoms with Crippen molar-refractivity contribution >= 4 is 35.0 Å². The van der Waals surface area contributed by atoms with E-state index in [9.17, 15) is 9.90 Å². The molecule has 5 nitrogen and oxygen atoms in total. The van der Waals surface area contributed by atoms with Gasteiger partial charge in [-0.3, -0.25) is 0 Å². The van der Waals surface area contributed by atoms with E-state index in [4.69, 9.17) is 16.3 Å². The average molecular weight is 487 g/mol. The summed E-state index contributed by atoms with van der Waals surface area (Å²) in [6.07, 6.45) is 4.71. The van der Waals surface area contributed by atoms with Crippen LogP contribution >= 0.6 is 23.4 Å². The molecule has 1 saturated carbocycles. The lowest BCUT2D eigenvalue weighted by Gasteiger charge is -2.36. The number of pyridine rings is 1. The predicted octanol–water partition coefficient (Wildman–Crippen LogP) is 6.84. The van der Waals surface area contributed by atoms with E-state index < -0.39 is 6.09 Å². The van der Waals surface area contributed by atoms with Crippen molar-refractivity contribution in [3.05, 3.63) is 58.8 Å². The van der Waals surface area contributed by atoms with Gasteiger partial charge in [0.1, 0.15) is 5.02 Å². The van der Waals surface area contributed by atoms with Gasteiger partial charge in [-0.25, -0.2) is 9.78 Å². The first-order valence-corrected chi connectivity index (χ1v) is 12.6. The lowest BCUT2D eigenvalue weighted by molar-refractivity contribution is 0.0978. The molecule has 4 rings (SSSR count). The van der Waals surface area contributed by atoms with Crippen molar-refractivity contribution in [2.45, 2.75) is 56.2 Å². The molecular weight excluding hydrogens is 456 g/mol. The number of carbonyl (C=O) groups is 1. The monoisotopic (exact) mass is 486 g/mol. The highest BCUT2D eigenvalue weighted by molar-refractivity contribution is 8.00. The van der Waals surface area contributed by atoms with Crippen molar-refractivity contribution in [3.63, 3.8) is 0 Å². The molecular formula is C26H31ClN2O3S. The molecule has 0 bridgehead atoms. The van der Waals surface area contributed by atoms with Crippen molar-refractivity contribution in [2.75, 3.05) is 13.7 Å². The summed E-state index contributed by atoms with van der Waals surface area (Å²) in [6, 6.07) is 12.2. The molecule has 1 aromatic carbocycles. The second-order valence-electron chi connectivity index (χ2n) is 9.85. The summed E-state index contributed by atoms with van der Waals surface area (Å²) < 4.78 is 5.38. The Morgan fingerprint density at radius 1 is 1.18 bits per heavy atom. The number of amides is 1. The summed E-state index contributed by atoms with van der Waals surface area (Å²) in [6.45, 7) is 6.84. The van der Waals surface area contributed by atoms with Crippen LogP contribution in [0.4, 0.5) is 4.79 Å². The van der Waals surface area contributed by atoms with Crippen LogP contribution < -0.4 is 4.74 Å². The lowest BCUT2D eigenvalue weighted by atomic mass is 9.78. The average Bonchev–Trinajstić information content (AvgIpc) is 3.47. The number of aromatic nitrogens is 1. The number of hydrogen-bond donors (Lipinski definition) is 1. The van der Waals surface area contributed by atoms with Gasteiger partial charge in [0, 0.05) is 34.2 Å². The quantitative estimate of drug-likeness (QED) is 0.484. The minimum Gasteiger partial charge on any atom is -0.480 e. The maximum absolute atomic E-state index is 11.9. The number of benzene rings is 1. The van der Waals surface area contributed by atoms with E-state index in [0.717, 1.165) is 28.5 Å². The standard InChI is InChI=1S/C26H31ClN2O3S/c1-26(2,3)23-17(13-14-29(23)25(30)31)15-20(22-12-11-21(27)24(28-22)32-4)16-5-7-18(8-6-16)33-19-9-10-19/h5-8,11-12,15,17,19,23H,9-10,13-14H2,1-4H3,(H,30,31)/t17-,23?/m1/s1. The molecule has 2 heterocycles. The van der Waals surface area contributed by atoms with Gasteiger partial charge < -0.3 is 14.7 Å². The van der Waals surface area contributed by atoms with Crippen LogP contribution in [0.25, 0.3) is 5.57 Å². The van der Waals surface area contributed by atoms with Crippen LogP contribution in [0.1, 0.15) is 51.3 Å². The second-order valence-corrected chi connectivity index (χ2v) is 11.6. The molecule has 1 amide bonds. The van der Waals surface area contributed by atoms with Crippen LogP contribution in [0.5, 0.6) is 5.88 Å². The molecule has 2 fully saturated rings. The van der Waals surface area contributed by atoms with Gasteiger partial charge in [0.15, 0.2) is 0 Å². The lowest BCUT2D eigenvalue weighted by Crippen LogP contribution is -2.45. The molecule has 2 aliphatic rings. The Hall–Kier alpha value is -2.18. The van der Waals surface area contributed by atoms with Crippen LogP contribution in [0, 0.1) is 11.3 Å². The van der Waals surface area contributed by atoms with Crippen molar-refractivity contribution < 1.29 is 14.6 Å². The number of halogens is 1. The number of carboxylic acid groups (broad SMARTS) is 1. The maximum atomic E-state index is 11.9. The Kier molecular flexibility index (Phi) is 6.96. The highest BCUT2D eigenvalue weighted by Crippen LogP contribution is 2.42. The molecule has 1 aliphatic carbocycles. The number of likely N-dealkylation sites (tertiary alicyclic amines) is 1. The van der Waals surface area contributed by atoms with Gasteiger partial charge >= 0.3 is 6.09 Å². The number of methoxy groups -OCH3 is 1. The van der Waals surface area contributed by atoms with E-state index in [2.05, 4.69) is 56.1 Å². The minimum atomic E-state index is -0.861. The predicted molar refractivity (Wildman–Crippen MR) is 134 cm³/mol. The molecule has 1 saturated heterocycles. The van der Waals surface area contributed by atoms with E-state index in [1.165, 1.54) is 17.7 Å². The van der Waals surface area contributed by atoms with Crippen LogP contribution in [-0.4, -0.2) is 46.0 Å². The Morgan fingerprint density at radius 2 is 1.88 bits per heavy atom. The smallest absolute Gasteiger partial charge is 0.407 e. The minimum absolute atomic E-state index is 0.0695. The first-order chi connectivity index (χ1) is 15.7. The number of hydrogen-bond acceptors (Lipinski definition) is 4. The Morgan fingerprint density at radius 3 is 2.45 bits per heavy atom. The van der Waals surface area contributed by atoms with Gasteiger partial charge in [0.2, 0.25) is 5.88 Å². The van der Waals surface area contributed by atoms with Gasteiger partial charge in [-0.2, -0.15) is 0 Å². The van der Waals surface area contributed by atoms with Crippen LogP contribution in [0.15, 0.2) is 47.4 Å². The summed E-state index contributed by atoms with van der Waals surface area (Å²) in [5.74, 6) is 0.451. The molecule has 1 aromatic heterocycles. The van der Waals surface area contributed by atoms with Gasteiger partial charge in [-0.05, 0) is 54.5 Å². The third-order valence-electron chi connectivity index (χ3n) is 6.23. The number of ether oxygens (including phenoxy) is 1. The molecule has 7 heteroatoms. The van der Waals surface area contributed by atoms with E-state index in [1.54, 1.807) is 18.1 Å². The summed E-state index contributed by atoms with van der Waals surface area (Å²) in [5, 5.41) is 11.0. The number of rotatable bonds is 6. The molecule has 33 heavy (non-hydrogen) atoms. The Labute approximate surface area is 205 Å². The summed E-state index contributed by atoms with van der Waals surface area (Å²) >= 11 is 8.18. The van der Waals surface area contributed by atoms with E-state index >= 15 is 0 Å². The van der Waals surface area contributed by atoms with E-state index in [1.807, 2.05) is 17.8 Å². The third kappa shape index (κ3) is 5.49. The zero-order valence-corrected chi connectivity index (χ0v) is 21.1. The zero-order valence-electron chi connectivity index (χ0n) is 19.5. The molecule has 2 atom stereocenters. The molecule has 176 valence electrons. The highest BCUT2D eigenvalue weighted by atomic mass is 35.5. The van der Waals surface area contributed by atoms with Crippen molar-refractivity contribution in [3.8, 4) is 5.88 Å². The highest BCUT2D eigenvalue weighted by Gasteiger charge is 2.43. The second kappa shape index (κ2) is 9.59. The van der Waals surface area contributed by atoms with Gasteiger partial charge in [0.25, 0.3) is 0 Å². The van der Waals surface area contributed by atoms with Gasteiger partial charge in [-0.15, -0.1) is 11.8 Å². The van der Waals surface area contributed by atoms with Crippen molar-refractivity contribution in [2.24, 2.45) is 11.3 Å². The van der Waals surface area contributed by atoms with Crippen LogP contribution in [0.2, 0.25) is 5.02 Å². The zero-order chi connectivity index (χ0) is 23.8. The Bertz CT molecular complexity index is 1040. The molecule has 2 aromatic rings. The SMILES string of the molecule is COc1nc(C(=C[C@H]2CCN(C(=O)O)C2C(C)(C)C)c2ccc(SC3CC3)cc2)ccc1Cl. The topological polar surface area (TPSA) is 62.7 Å². The third-order valence-corrected chi connectivity index (χ3v) is 7.87. The van der Waals surface area contributed by atoms with Crippen molar-refractivity contribution in [1.29, 1.82) is 0 Å². The normalized spacial score (nSPS) is 21.4. The molecule has 1 N–H and O–H groups in total. The van der Waals surface area contributed by atoms with Crippen LogP contribution in [-0.2, 0) is 0 Å². The van der Waals surface area contributed by atoms with Crippen molar-refractivity contribution in [1.82, 2.24) is 9.88 Å². The fourth-order valence-electron chi connectivity index (χ4n) is 4.67. The largest absolute Gasteiger partial charge is 0.480 e. The summed E-state index contributed by atoms with van der Waals surface area (Å²) in [7, 11) is 1.56. The van der Waals surface area contributed by atoms with Gasteiger partial charge in [-0.1, -0.05) is 50.6 Å². The maximum Gasteiger partial charge on any atom is 0.407 e. The number of nitrogens with zero attached hydrogens (tertiary/aromatic N) is 2. The Balaban J connectivity index is 1.76.